The predicted molar refractivity (Wildman–Crippen MR) is 130 cm³/mol. The highest BCUT2D eigenvalue weighted by molar-refractivity contribution is 5.87. The molecule has 3 rings (SSSR count). The molecule has 2 aromatic rings. The number of alkyl carbamates (subject to hydrolysis) is 1. The molecule has 3 N–H and O–H groups in total. The third-order valence-corrected chi connectivity index (χ3v) is 6.56. The van der Waals surface area contributed by atoms with E-state index in [2.05, 4.69) is 29.3 Å². The van der Waals surface area contributed by atoms with Crippen LogP contribution >= 0.6 is 0 Å². The lowest BCUT2D eigenvalue weighted by Gasteiger charge is -2.29. The molecule has 34 heavy (non-hydrogen) atoms. The van der Waals surface area contributed by atoms with Gasteiger partial charge in [0.25, 0.3) is 0 Å². The van der Waals surface area contributed by atoms with Crippen LogP contribution < -0.4 is 10.6 Å². The van der Waals surface area contributed by atoms with Crippen LogP contribution in [0.4, 0.5) is 4.79 Å². The second-order valence-electron chi connectivity index (χ2n) is 8.82. The minimum Gasteiger partial charge on any atom is -0.480 e. The molecule has 2 aromatic carbocycles. The van der Waals surface area contributed by atoms with Gasteiger partial charge in [-0.25, -0.2) is 9.59 Å². The Labute approximate surface area is 200 Å². The Bertz CT molecular complexity index is 1020. The van der Waals surface area contributed by atoms with Crippen molar-refractivity contribution >= 4 is 18.0 Å². The number of allylic oxidation sites excluding steroid dienone is 1. The maximum Gasteiger partial charge on any atom is 0.407 e. The molecule has 0 fully saturated rings. The van der Waals surface area contributed by atoms with E-state index in [0.717, 1.165) is 22.3 Å². The molecule has 0 aliphatic heterocycles. The van der Waals surface area contributed by atoms with Crippen molar-refractivity contribution in [3.8, 4) is 11.1 Å². The number of carbonyl (C=O) groups excluding carboxylic acids is 2. The van der Waals surface area contributed by atoms with Gasteiger partial charge in [-0.1, -0.05) is 61.5 Å². The van der Waals surface area contributed by atoms with Gasteiger partial charge in [0.2, 0.25) is 5.91 Å². The first-order valence-corrected chi connectivity index (χ1v) is 11.5. The number of benzene rings is 2. The monoisotopic (exact) mass is 464 g/mol. The number of carbonyl (C=O) groups is 3. The number of fused-ring (bicyclic) bond motifs is 3. The molecule has 2 unspecified atom stereocenters. The predicted octanol–water partition coefficient (Wildman–Crippen LogP) is 4.48. The Morgan fingerprint density at radius 3 is 2.24 bits per heavy atom. The van der Waals surface area contributed by atoms with Crippen LogP contribution in [0.25, 0.3) is 11.1 Å². The smallest absolute Gasteiger partial charge is 0.407 e. The normalized spacial score (nSPS) is 14.8. The van der Waals surface area contributed by atoms with Gasteiger partial charge in [0.05, 0.1) is 5.41 Å². The van der Waals surface area contributed by atoms with Crippen molar-refractivity contribution in [1.29, 1.82) is 0 Å². The Kier molecular flexibility index (Phi) is 8.10. The zero-order chi connectivity index (χ0) is 24.7. The molecule has 0 aromatic heterocycles. The van der Waals surface area contributed by atoms with E-state index in [-0.39, 0.29) is 25.5 Å². The van der Waals surface area contributed by atoms with Crippen molar-refractivity contribution < 1.29 is 24.2 Å². The van der Waals surface area contributed by atoms with Crippen molar-refractivity contribution in [2.45, 2.75) is 45.1 Å². The SMILES string of the molecule is C=CCCC(NC(=O)C(C)(CC)CNC(=O)OCC1c2ccccc2-c2ccccc21)C(=O)O. The fraction of sp³-hybridized carbons (Fsp3) is 0.370. The maximum atomic E-state index is 12.8. The van der Waals surface area contributed by atoms with Crippen molar-refractivity contribution in [1.82, 2.24) is 10.6 Å². The molecule has 7 nitrogen and oxygen atoms in total. The van der Waals surface area contributed by atoms with E-state index in [0.29, 0.717) is 12.8 Å². The Morgan fingerprint density at radius 1 is 1.12 bits per heavy atom. The van der Waals surface area contributed by atoms with E-state index in [4.69, 9.17) is 4.74 Å². The number of carboxylic acids is 1. The number of hydrogen-bond donors (Lipinski definition) is 3. The first-order valence-electron chi connectivity index (χ1n) is 11.5. The number of rotatable bonds is 11. The third kappa shape index (κ3) is 5.47. The van der Waals surface area contributed by atoms with Crippen LogP contribution in [0.5, 0.6) is 0 Å². The molecule has 0 saturated heterocycles. The van der Waals surface area contributed by atoms with Gasteiger partial charge in [-0.2, -0.15) is 0 Å². The summed E-state index contributed by atoms with van der Waals surface area (Å²) in [5.41, 5.74) is 3.55. The number of carboxylic acid groups (broad SMARTS) is 1. The summed E-state index contributed by atoms with van der Waals surface area (Å²) < 4.78 is 5.54. The maximum absolute atomic E-state index is 12.8. The summed E-state index contributed by atoms with van der Waals surface area (Å²) in [5, 5.41) is 14.7. The number of nitrogens with one attached hydrogen (secondary N) is 2. The molecule has 1 aliphatic carbocycles. The second-order valence-corrected chi connectivity index (χ2v) is 8.82. The van der Waals surface area contributed by atoms with E-state index in [1.54, 1.807) is 13.0 Å². The summed E-state index contributed by atoms with van der Waals surface area (Å²) in [6.07, 6.45) is 2.13. The average molecular weight is 465 g/mol. The highest BCUT2D eigenvalue weighted by Crippen LogP contribution is 2.44. The lowest BCUT2D eigenvalue weighted by atomic mass is 9.86. The van der Waals surface area contributed by atoms with Crippen molar-refractivity contribution in [3.63, 3.8) is 0 Å². The molecule has 2 amide bonds. The minimum atomic E-state index is -1.10. The van der Waals surface area contributed by atoms with E-state index in [1.165, 1.54) is 0 Å². The molecule has 0 bridgehead atoms. The standard InChI is InChI=1S/C27H32N2O5/c1-4-6-15-23(24(30)31)29-25(32)27(3,5-2)17-28-26(33)34-16-22-20-13-9-7-11-18(20)19-12-8-10-14-21(19)22/h4,7-14,22-23H,1,5-6,15-17H2,2-3H3,(H,28,33)(H,29,32)(H,30,31). The summed E-state index contributed by atoms with van der Waals surface area (Å²) in [6.45, 7) is 7.31. The highest BCUT2D eigenvalue weighted by Gasteiger charge is 2.35. The van der Waals surface area contributed by atoms with Crippen molar-refractivity contribution in [2.75, 3.05) is 13.2 Å². The van der Waals surface area contributed by atoms with Gasteiger partial charge in [0.1, 0.15) is 12.6 Å². The summed E-state index contributed by atoms with van der Waals surface area (Å²) in [5.74, 6) is -1.58. The van der Waals surface area contributed by atoms with E-state index < -0.39 is 29.4 Å². The molecular weight excluding hydrogens is 432 g/mol. The molecule has 1 aliphatic rings. The van der Waals surface area contributed by atoms with Crippen LogP contribution in [-0.4, -0.2) is 42.3 Å². The zero-order valence-electron chi connectivity index (χ0n) is 19.7. The first-order chi connectivity index (χ1) is 16.3. The van der Waals surface area contributed by atoms with Gasteiger partial charge in [0.15, 0.2) is 0 Å². The number of amides is 2. The van der Waals surface area contributed by atoms with E-state index in [9.17, 15) is 19.5 Å². The van der Waals surface area contributed by atoms with E-state index >= 15 is 0 Å². The van der Waals surface area contributed by atoms with Crippen molar-refractivity contribution in [2.24, 2.45) is 5.41 Å². The molecule has 0 saturated carbocycles. The molecule has 180 valence electrons. The van der Waals surface area contributed by atoms with Gasteiger partial charge in [-0.05, 0) is 48.4 Å². The van der Waals surface area contributed by atoms with Crippen LogP contribution in [0.2, 0.25) is 0 Å². The molecule has 7 heteroatoms. The largest absolute Gasteiger partial charge is 0.480 e. The lowest BCUT2D eigenvalue weighted by Crippen LogP contribution is -2.51. The summed E-state index contributed by atoms with van der Waals surface area (Å²) in [4.78, 5) is 36.8. The van der Waals surface area contributed by atoms with Gasteiger partial charge >= 0.3 is 12.1 Å². The lowest BCUT2D eigenvalue weighted by molar-refractivity contribution is -0.143. The van der Waals surface area contributed by atoms with Crippen LogP contribution in [0.15, 0.2) is 61.2 Å². The third-order valence-electron chi connectivity index (χ3n) is 6.56. The molecule has 0 radical (unpaired) electrons. The van der Waals surface area contributed by atoms with Crippen LogP contribution in [0.1, 0.15) is 50.2 Å². The second kappa shape index (κ2) is 11.0. The number of aliphatic carboxylic acids is 1. The molecule has 0 spiro atoms. The van der Waals surface area contributed by atoms with Gasteiger partial charge in [0, 0.05) is 12.5 Å². The van der Waals surface area contributed by atoms with Crippen LogP contribution in [0.3, 0.4) is 0 Å². The summed E-state index contributed by atoms with van der Waals surface area (Å²) >= 11 is 0. The Hall–Kier alpha value is -3.61. The first kappa shape index (κ1) is 25.0. The highest BCUT2D eigenvalue weighted by atomic mass is 16.5. The topological polar surface area (TPSA) is 105 Å². The van der Waals surface area contributed by atoms with Crippen LogP contribution in [-0.2, 0) is 14.3 Å². The van der Waals surface area contributed by atoms with E-state index in [1.807, 2.05) is 43.3 Å². The summed E-state index contributed by atoms with van der Waals surface area (Å²) in [6, 6.07) is 15.2. The number of ether oxygens (including phenoxy) is 1. The Morgan fingerprint density at radius 2 is 1.71 bits per heavy atom. The van der Waals surface area contributed by atoms with Crippen LogP contribution in [0, 0.1) is 5.41 Å². The Balaban J connectivity index is 1.59. The summed E-state index contributed by atoms with van der Waals surface area (Å²) in [7, 11) is 0. The van der Waals surface area contributed by atoms with Gasteiger partial charge in [-0.15, -0.1) is 6.58 Å². The average Bonchev–Trinajstić information content (AvgIpc) is 3.17. The quantitative estimate of drug-likeness (QED) is 0.426. The number of hydrogen-bond acceptors (Lipinski definition) is 4. The molecular formula is C27H32N2O5. The molecule has 2 atom stereocenters. The minimum absolute atomic E-state index is 0.0276. The van der Waals surface area contributed by atoms with Gasteiger partial charge < -0.3 is 20.5 Å². The van der Waals surface area contributed by atoms with Gasteiger partial charge in [-0.3, -0.25) is 4.79 Å². The zero-order valence-corrected chi connectivity index (χ0v) is 19.7. The molecule has 0 heterocycles. The fourth-order valence-electron chi connectivity index (χ4n) is 4.16. The fourth-order valence-corrected chi connectivity index (χ4v) is 4.16. The van der Waals surface area contributed by atoms with Crippen molar-refractivity contribution in [3.05, 3.63) is 72.3 Å².